The molecule has 0 aliphatic carbocycles. The van der Waals surface area contributed by atoms with Gasteiger partial charge in [0.05, 0.1) is 30.3 Å². The summed E-state index contributed by atoms with van der Waals surface area (Å²) < 4.78 is 11.4. The molecule has 7 nitrogen and oxygen atoms in total. The molecule has 7 heteroatoms. The first-order valence-corrected chi connectivity index (χ1v) is 18.0. The van der Waals surface area contributed by atoms with E-state index in [9.17, 15) is 24.6 Å². The first-order chi connectivity index (χ1) is 20.8. The van der Waals surface area contributed by atoms with Crippen molar-refractivity contribution in [3.05, 3.63) is 0 Å². The molecule has 0 saturated carbocycles. The normalized spacial score (nSPS) is 23.4. The second-order valence-corrected chi connectivity index (χ2v) is 13.5. The zero-order valence-electron chi connectivity index (χ0n) is 27.6. The zero-order valence-corrected chi connectivity index (χ0v) is 27.6. The van der Waals surface area contributed by atoms with Crippen molar-refractivity contribution in [3.8, 4) is 0 Å². The van der Waals surface area contributed by atoms with Gasteiger partial charge in [-0.2, -0.15) is 0 Å². The van der Waals surface area contributed by atoms with Crippen LogP contribution in [-0.2, 0) is 23.9 Å². The van der Waals surface area contributed by atoms with Crippen LogP contribution in [0.25, 0.3) is 0 Å². The van der Waals surface area contributed by atoms with Crippen LogP contribution in [0.5, 0.6) is 0 Å². The number of rotatable bonds is 27. The fraction of sp³-hybridized carbons (Fsp3) is 0.917. The Kier molecular flexibility index (Phi) is 20.3. The number of unbranched alkanes of at least 4 members (excludes halogenated alkanes) is 13. The van der Waals surface area contributed by atoms with Crippen molar-refractivity contribution in [1.82, 2.24) is 0 Å². The number of Topliss-reactive ketones (excluding diaryl/α,β-unsaturated/α-hetero) is 2. The minimum absolute atomic E-state index is 0.0328. The van der Waals surface area contributed by atoms with Gasteiger partial charge in [0, 0.05) is 19.3 Å². The smallest absolute Gasteiger partial charge is 0.309 e. The van der Waals surface area contributed by atoms with Gasteiger partial charge < -0.3 is 24.5 Å². The highest BCUT2D eigenvalue weighted by molar-refractivity contribution is 5.83. The molecule has 2 rings (SSSR count). The Morgan fingerprint density at radius 3 is 1.81 bits per heavy atom. The molecule has 2 aliphatic heterocycles. The van der Waals surface area contributed by atoms with E-state index in [0.29, 0.717) is 31.5 Å². The van der Waals surface area contributed by atoms with E-state index >= 15 is 0 Å². The number of cyclic esters (lactones) is 1. The van der Waals surface area contributed by atoms with Crippen molar-refractivity contribution < 1.29 is 34.1 Å². The zero-order chi connectivity index (χ0) is 31.3. The molecular weight excluding hydrogens is 544 g/mol. The lowest BCUT2D eigenvalue weighted by Crippen LogP contribution is -2.31. The molecule has 0 amide bonds. The summed E-state index contributed by atoms with van der Waals surface area (Å²) in [7, 11) is 0. The van der Waals surface area contributed by atoms with Crippen LogP contribution in [0.2, 0.25) is 0 Å². The SMILES string of the molecule is CCCCCCCCCCCC[C@@H](O)[C@H]1CC[C@H]([C@H](O)CCCCC(=O)CCCCCC[C@@H]2CC(CC(C)=O)C(=O)O2)O1. The van der Waals surface area contributed by atoms with Gasteiger partial charge in [0.25, 0.3) is 0 Å². The average Bonchev–Trinajstić information content (AvgIpc) is 3.60. The molecule has 43 heavy (non-hydrogen) atoms. The second-order valence-electron chi connectivity index (χ2n) is 13.5. The number of aliphatic hydroxyl groups is 2. The molecule has 0 aromatic heterocycles. The molecule has 1 unspecified atom stereocenters. The van der Waals surface area contributed by atoms with Gasteiger partial charge in [0.15, 0.2) is 0 Å². The Bertz CT molecular complexity index is 769. The molecule has 2 heterocycles. The Hall–Kier alpha value is -1.31. The van der Waals surface area contributed by atoms with Gasteiger partial charge in [-0.05, 0) is 64.7 Å². The summed E-state index contributed by atoms with van der Waals surface area (Å²) in [6.45, 7) is 3.77. The number of ketones is 2. The van der Waals surface area contributed by atoms with Crippen LogP contribution in [-0.4, -0.2) is 58.3 Å². The van der Waals surface area contributed by atoms with E-state index < -0.39 is 12.2 Å². The Morgan fingerprint density at radius 1 is 0.744 bits per heavy atom. The fourth-order valence-corrected chi connectivity index (χ4v) is 6.73. The third-order valence-electron chi connectivity index (χ3n) is 9.43. The molecule has 0 radical (unpaired) electrons. The van der Waals surface area contributed by atoms with Crippen LogP contribution >= 0.6 is 0 Å². The number of aliphatic hydroxyl groups excluding tert-OH is 2. The molecule has 0 aromatic carbocycles. The van der Waals surface area contributed by atoms with Gasteiger partial charge in [0.1, 0.15) is 17.7 Å². The second kappa shape index (κ2) is 23.1. The lowest BCUT2D eigenvalue weighted by atomic mass is 9.96. The van der Waals surface area contributed by atoms with E-state index in [-0.39, 0.29) is 42.4 Å². The van der Waals surface area contributed by atoms with Gasteiger partial charge in [-0.3, -0.25) is 9.59 Å². The summed E-state index contributed by atoms with van der Waals surface area (Å²) in [6.07, 6.45) is 22.9. The summed E-state index contributed by atoms with van der Waals surface area (Å²) >= 11 is 0. The number of ether oxygens (including phenoxy) is 2. The highest BCUT2D eigenvalue weighted by Crippen LogP contribution is 2.29. The van der Waals surface area contributed by atoms with Crippen LogP contribution in [0.3, 0.4) is 0 Å². The average molecular weight is 609 g/mol. The van der Waals surface area contributed by atoms with Crippen molar-refractivity contribution in [2.75, 3.05) is 0 Å². The van der Waals surface area contributed by atoms with E-state index in [4.69, 9.17) is 9.47 Å². The highest BCUT2D eigenvalue weighted by Gasteiger charge is 2.35. The Balaban J connectivity index is 1.40. The summed E-state index contributed by atoms with van der Waals surface area (Å²) in [5.74, 6) is -0.170. The van der Waals surface area contributed by atoms with Crippen molar-refractivity contribution in [2.45, 2.75) is 205 Å². The molecule has 6 atom stereocenters. The predicted octanol–water partition coefficient (Wildman–Crippen LogP) is 7.95. The number of carbonyl (C=O) groups excluding carboxylic acids is 3. The molecule has 250 valence electrons. The van der Waals surface area contributed by atoms with Crippen molar-refractivity contribution in [2.24, 2.45) is 5.92 Å². The van der Waals surface area contributed by atoms with Crippen molar-refractivity contribution in [1.29, 1.82) is 0 Å². The van der Waals surface area contributed by atoms with Gasteiger partial charge in [-0.15, -0.1) is 0 Å². The molecular formula is C36H64O7. The number of hydrogen-bond acceptors (Lipinski definition) is 7. The summed E-state index contributed by atoms with van der Waals surface area (Å²) in [5.41, 5.74) is 0. The summed E-state index contributed by atoms with van der Waals surface area (Å²) in [6, 6.07) is 0. The standard InChI is InChI=1S/C36H64O7/c1-3-4-5-6-7-8-9-10-11-16-22-32(39)34-24-25-35(43-34)33(40)23-18-17-20-30(38)19-14-12-13-15-21-31-27-29(26-28(2)37)36(41)42-31/h29,31-35,39-40H,3-27H2,1-2H3/t29?,31-,32-,33-,34-,35-/m1/s1. The number of carbonyl (C=O) groups is 3. The topological polar surface area (TPSA) is 110 Å². The summed E-state index contributed by atoms with van der Waals surface area (Å²) in [5, 5.41) is 21.2. The Labute approximate surface area is 262 Å². The lowest BCUT2D eigenvalue weighted by Gasteiger charge is -2.22. The quantitative estimate of drug-likeness (QED) is 0.0719. The largest absolute Gasteiger partial charge is 0.462 e. The summed E-state index contributed by atoms with van der Waals surface area (Å²) in [4.78, 5) is 35.4. The molecule has 2 N–H and O–H groups in total. The van der Waals surface area contributed by atoms with Gasteiger partial charge in [0.2, 0.25) is 0 Å². The molecule has 0 aromatic rings. The minimum atomic E-state index is -0.526. The minimum Gasteiger partial charge on any atom is -0.462 e. The van der Waals surface area contributed by atoms with Gasteiger partial charge >= 0.3 is 5.97 Å². The maximum absolute atomic E-state index is 12.3. The first-order valence-electron chi connectivity index (χ1n) is 18.0. The van der Waals surface area contributed by atoms with Gasteiger partial charge in [-0.25, -0.2) is 0 Å². The van der Waals surface area contributed by atoms with E-state index in [2.05, 4.69) is 6.92 Å². The van der Waals surface area contributed by atoms with Crippen molar-refractivity contribution in [3.63, 3.8) is 0 Å². The van der Waals surface area contributed by atoms with E-state index in [1.54, 1.807) is 0 Å². The third-order valence-corrected chi connectivity index (χ3v) is 9.43. The first kappa shape index (κ1) is 37.9. The van der Waals surface area contributed by atoms with Gasteiger partial charge in [-0.1, -0.05) is 90.4 Å². The molecule has 0 spiro atoms. The fourth-order valence-electron chi connectivity index (χ4n) is 6.73. The molecule has 2 saturated heterocycles. The Morgan fingerprint density at radius 2 is 1.23 bits per heavy atom. The van der Waals surface area contributed by atoms with Crippen LogP contribution in [0.4, 0.5) is 0 Å². The van der Waals surface area contributed by atoms with E-state index in [1.807, 2.05) is 0 Å². The molecule has 2 aliphatic rings. The van der Waals surface area contributed by atoms with E-state index in [1.165, 1.54) is 64.7 Å². The molecule has 2 fully saturated rings. The van der Waals surface area contributed by atoms with Crippen molar-refractivity contribution >= 4 is 17.5 Å². The number of esters is 1. The van der Waals surface area contributed by atoms with Crippen LogP contribution < -0.4 is 0 Å². The maximum atomic E-state index is 12.3. The van der Waals surface area contributed by atoms with Crippen LogP contribution in [0, 0.1) is 5.92 Å². The highest BCUT2D eigenvalue weighted by atomic mass is 16.6. The number of hydrogen-bond donors (Lipinski definition) is 2. The van der Waals surface area contributed by atoms with Crippen LogP contribution in [0.15, 0.2) is 0 Å². The third kappa shape index (κ3) is 17.1. The molecule has 0 bridgehead atoms. The van der Waals surface area contributed by atoms with Crippen LogP contribution in [0.1, 0.15) is 174 Å². The lowest BCUT2D eigenvalue weighted by molar-refractivity contribution is -0.145. The van der Waals surface area contributed by atoms with E-state index in [0.717, 1.165) is 70.6 Å². The predicted molar refractivity (Wildman–Crippen MR) is 171 cm³/mol. The monoisotopic (exact) mass is 608 g/mol. The maximum Gasteiger partial charge on any atom is 0.309 e.